The van der Waals surface area contributed by atoms with Gasteiger partial charge in [0.25, 0.3) is 5.56 Å². The van der Waals surface area contributed by atoms with Gasteiger partial charge in [0.1, 0.15) is 11.6 Å². The Hall–Kier alpha value is -3.65. The number of nitrogens with one attached hydrogen (secondary N) is 2. The fourth-order valence-electron chi connectivity index (χ4n) is 3.12. The summed E-state index contributed by atoms with van der Waals surface area (Å²) in [6.07, 6.45) is 1.19. The van der Waals surface area contributed by atoms with Gasteiger partial charge in [-0.25, -0.2) is 14.4 Å². The van der Waals surface area contributed by atoms with Crippen molar-refractivity contribution in [3.8, 4) is 6.07 Å². The first-order valence-electron chi connectivity index (χ1n) is 9.16. The second-order valence-electron chi connectivity index (χ2n) is 6.27. The molecule has 30 heavy (non-hydrogen) atoms. The van der Waals surface area contributed by atoms with Gasteiger partial charge < -0.3 is 15.4 Å². The second kappa shape index (κ2) is 8.79. The summed E-state index contributed by atoms with van der Waals surface area (Å²) in [6.45, 7) is 3.29. The summed E-state index contributed by atoms with van der Waals surface area (Å²) in [4.78, 5) is 51.0. The number of hydrogen-bond acceptors (Lipinski definition) is 7. The summed E-state index contributed by atoms with van der Waals surface area (Å²) in [7, 11) is 0. The first-order valence-corrected chi connectivity index (χ1v) is 10.0. The van der Waals surface area contributed by atoms with Crippen LogP contribution in [0.1, 0.15) is 30.3 Å². The second-order valence-corrected chi connectivity index (χ2v) is 7.25. The molecule has 0 aromatic carbocycles. The molecule has 3 heterocycles. The number of urea groups is 1. The van der Waals surface area contributed by atoms with Crippen LogP contribution in [0, 0.1) is 11.3 Å². The lowest BCUT2D eigenvalue weighted by Crippen LogP contribution is -2.49. The Morgan fingerprint density at radius 2 is 2.10 bits per heavy atom. The number of ether oxygens (including phenoxy) is 1. The molecule has 11 heteroatoms. The molecule has 2 amide bonds. The number of nitrogens with zero attached hydrogens (tertiary/aromatic N) is 3. The molecule has 0 radical (unpaired) electrons. The van der Waals surface area contributed by atoms with Crippen LogP contribution in [0.3, 0.4) is 0 Å². The highest BCUT2D eigenvalue weighted by molar-refractivity contribution is 7.10. The van der Waals surface area contributed by atoms with Crippen LogP contribution in [-0.2, 0) is 22.6 Å². The van der Waals surface area contributed by atoms with Gasteiger partial charge in [-0.3, -0.25) is 13.9 Å². The third-order valence-corrected chi connectivity index (χ3v) is 5.43. The van der Waals surface area contributed by atoms with Crippen LogP contribution < -0.4 is 21.9 Å². The molecule has 1 atom stereocenters. The third kappa shape index (κ3) is 3.90. The van der Waals surface area contributed by atoms with Crippen molar-refractivity contribution in [1.29, 1.82) is 5.26 Å². The Bertz CT molecular complexity index is 1170. The van der Waals surface area contributed by atoms with Crippen molar-refractivity contribution in [3.05, 3.63) is 66.3 Å². The van der Waals surface area contributed by atoms with Crippen molar-refractivity contribution in [1.82, 2.24) is 19.8 Å². The van der Waals surface area contributed by atoms with Crippen molar-refractivity contribution < 1.29 is 14.3 Å². The van der Waals surface area contributed by atoms with Crippen LogP contribution in [0.5, 0.6) is 0 Å². The maximum atomic E-state index is 12.7. The summed E-state index contributed by atoms with van der Waals surface area (Å²) in [6, 6.07) is 3.92. The van der Waals surface area contributed by atoms with Crippen LogP contribution in [0.4, 0.5) is 4.79 Å². The fraction of sp³-hybridized carbons (Fsp3) is 0.316. The monoisotopic (exact) mass is 429 g/mol. The van der Waals surface area contributed by atoms with Crippen LogP contribution in [0.15, 0.2) is 44.6 Å². The fourth-order valence-corrected chi connectivity index (χ4v) is 3.90. The molecule has 0 aliphatic carbocycles. The molecule has 156 valence electrons. The van der Waals surface area contributed by atoms with E-state index in [0.29, 0.717) is 4.88 Å². The Balaban J connectivity index is 2.20. The average Bonchev–Trinajstić information content (AvgIpc) is 3.26. The summed E-state index contributed by atoms with van der Waals surface area (Å²) >= 11 is 1.34. The highest BCUT2D eigenvalue weighted by Crippen LogP contribution is 2.30. The van der Waals surface area contributed by atoms with E-state index in [1.165, 1.54) is 22.1 Å². The molecule has 0 spiro atoms. The molecule has 2 aromatic rings. The van der Waals surface area contributed by atoms with Crippen LogP contribution >= 0.6 is 11.3 Å². The number of carbonyl (C=O) groups excluding carboxylic acids is 2. The smallest absolute Gasteiger partial charge is 0.338 e. The molecule has 0 fully saturated rings. The summed E-state index contributed by atoms with van der Waals surface area (Å²) in [5.74, 6) is -0.682. The Morgan fingerprint density at radius 3 is 2.70 bits per heavy atom. The molecule has 1 aliphatic rings. The maximum Gasteiger partial charge on any atom is 0.338 e. The van der Waals surface area contributed by atoms with Crippen molar-refractivity contribution >= 4 is 23.3 Å². The van der Waals surface area contributed by atoms with Crippen LogP contribution in [0.25, 0.3) is 0 Å². The van der Waals surface area contributed by atoms with E-state index < -0.39 is 35.8 Å². The van der Waals surface area contributed by atoms with Gasteiger partial charge >= 0.3 is 17.7 Å². The van der Waals surface area contributed by atoms with Gasteiger partial charge in [0, 0.05) is 17.6 Å². The molecule has 0 bridgehead atoms. The van der Waals surface area contributed by atoms with Gasteiger partial charge in [0.05, 0.1) is 30.5 Å². The number of esters is 1. The van der Waals surface area contributed by atoms with E-state index in [4.69, 9.17) is 4.74 Å². The number of allylic oxidation sites excluding steroid dienone is 1. The molecular formula is C19H19N5O5S. The number of nitriles is 1. The van der Waals surface area contributed by atoms with Crippen molar-refractivity contribution in [2.24, 2.45) is 0 Å². The maximum absolute atomic E-state index is 12.7. The number of carbonyl (C=O) groups is 2. The Labute approximate surface area is 175 Å². The number of thiophene rings is 1. The zero-order valence-electron chi connectivity index (χ0n) is 16.3. The van der Waals surface area contributed by atoms with Crippen molar-refractivity contribution in [2.45, 2.75) is 33.0 Å². The zero-order chi connectivity index (χ0) is 21.8. The summed E-state index contributed by atoms with van der Waals surface area (Å²) in [5, 5.41) is 16.2. The lowest BCUT2D eigenvalue weighted by molar-refractivity contribution is -0.139. The number of aromatic nitrogens is 2. The normalized spacial score (nSPS) is 15.9. The molecule has 2 aromatic heterocycles. The van der Waals surface area contributed by atoms with Crippen molar-refractivity contribution in [3.63, 3.8) is 0 Å². The average molecular weight is 429 g/mol. The van der Waals surface area contributed by atoms with Crippen LogP contribution in [0.2, 0.25) is 0 Å². The number of hydrogen-bond donors (Lipinski definition) is 2. The quantitative estimate of drug-likeness (QED) is 0.653. The van der Waals surface area contributed by atoms with Gasteiger partial charge in [-0.2, -0.15) is 5.26 Å². The number of aryl methyl sites for hydroxylation is 1. The van der Waals surface area contributed by atoms with E-state index in [9.17, 15) is 24.4 Å². The van der Waals surface area contributed by atoms with E-state index in [1.807, 2.05) is 0 Å². The Kier molecular flexibility index (Phi) is 6.17. The SMILES string of the molecule is CCOC(=O)C1=C(Cn2c(=O)c(C#N)cn(CC)c2=O)NC(=O)N[C@H]1c1cccs1. The minimum atomic E-state index is -0.802. The lowest BCUT2D eigenvalue weighted by atomic mass is 10.0. The van der Waals surface area contributed by atoms with Gasteiger partial charge in [-0.05, 0) is 25.3 Å². The highest BCUT2D eigenvalue weighted by atomic mass is 32.1. The van der Waals surface area contributed by atoms with E-state index >= 15 is 0 Å². The van der Waals surface area contributed by atoms with E-state index in [-0.39, 0.29) is 30.0 Å². The predicted molar refractivity (Wildman–Crippen MR) is 108 cm³/mol. The molecule has 0 saturated carbocycles. The molecule has 0 saturated heterocycles. The van der Waals surface area contributed by atoms with E-state index in [2.05, 4.69) is 10.6 Å². The Morgan fingerprint density at radius 1 is 1.33 bits per heavy atom. The topological polar surface area (TPSA) is 135 Å². The molecule has 1 aliphatic heterocycles. The minimum Gasteiger partial charge on any atom is -0.463 e. The standard InChI is InChI=1S/C19H19N5O5S/c1-3-23-9-11(8-20)16(25)24(19(23)28)10-12-14(17(26)29-4-2)15(22-18(27)21-12)13-6-5-7-30-13/h5-7,9,15H,3-4,10H2,1-2H3,(H2,21,22,27)/t15-/m0/s1. The summed E-state index contributed by atoms with van der Waals surface area (Å²) < 4.78 is 7.20. The lowest BCUT2D eigenvalue weighted by Gasteiger charge is -2.28. The van der Waals surface area contributed by atoms with Crippen LogP contribution in [-0.4, -0.2) is 27.7 Å². The summed E-state index contributed by atoms with van der Waals surface area (Å²) in [5.41, 5.74) is -1.52. The van der Waals surface area contributed by atoms with Gasteiger partial charge in [-0.1, -0.05) is 6.07 Å². The first-order chi connectivity index (χ1) is 14.4. The molecule has 2 N–H and O–H groups in total. The largest absolute Gasteiger partial charge is 0.463 e. The van der Waals surface area contributed by atoms with E-state index in [1.54, 1.807) is 37.4 Å². The third-order valence-electron chi connectivity index (χ3n) is 4.49. The molecule has 0 unspecified atom stereocenters. The van der Waals surface area contributed by atoms with Gasteiger partial charge in [-0.15, -0.1) is 11.3 Å². The molecule has 10 nitrogen and oxygen atoms in total. The van der Waals surface area contributed by atoms with Gasteiger partial charge in [0.2, 0.25) is 0 Å². The zero-order valence-corrected chi connectivity index (χ0v) is 17.1. The predicted octanol–water partition coefficient (Wildman–Crippen LogP) is 0.834. The molecule has 3 rings (SSSR count). The minimum absolute atomic E-state index is 0.0625. The van der Waals surface area contributed by atoms with E-state index in [0.717, 1.165) is 4.57 Å². The van der Waals surface area contributed by atoms with Gasteiger partial charge in [0.15, 0.2) is 0 Å². The number of rotatable bonds is 6. The molecular weight excluding hydrogens is 410 g/mol. The van der Waals surface area contributed by atoms with Crippen molar-refractivity contribution in [2.75, 3.05) is 6.61 Å². The highest BCUT2D eigenvalue weighted by Gasteiger charge is 2.34. The first kappa shape index (κ1) is 21.1. The number of amides is 2.